The van der Waals surface area contributed by atoms with Crippen LogP contribution in [0.5, 0.6) is 5.75 Å². The highest BCUT2D eigenvalue weighted by atomic mass is 16.5. The minimum Gasteiger partial charge on any atom is -0.497 e. The molecule has 0 radical (unpaired) electrons. The van der Waals surface area contributed by atoms with Crippen LogP contribution < -0.4 is 4.74 Å². The van der Waals surface area contributed by atoms with Gasteiger partial charge in [0, 0.05) is 51.7 Å². The molecule has 24 heavy (non-hydrogen) atoms. The third-order valence-electron chi connectivity index (χ3n) is 4.65. The Labute approximate surface area is 143 Å². The number of aromatic nitrogens is 1. The van der Waals surface area contributed by atoms with Crippen molar-refractivity contribution in [2.75, 3.05) is 33.3 Å². The Hall–Kier alpha value is -2.27. The van der Waals surface area contributed by atoms with Crippen LogP contribution in [0.2, 0.25) is 0 Å². The smallest absolute Gasteiger partial charge is 0.227 e. The largest absolute Gasteiger partial charge is 0.497 e. The predicted molar refractivity (Wildman–Crippen MR) is 94.0 cm³/mol. The first kappa shape index (κ1) is 16.6. The average molecular weight is 327 g/mol. The molecule has 2 heterocycles. The van der Waals surface area contributed by atoms with Crippen LogP contribution in [-0.4, -0.2) is 53.6 Å². The van der Waals surface area contributed by atoms with Crippen molar-refractivity contribution in [2.45, 2.75) is 13.0 Å². The van der Waals surface area contributed by atoms with Crippen molar-refractivity contribution >= 4 is 5.91 Å². The van der Waals surface area contributed by atoms with E-state index in [1.807, 2.05) is 29.2 Å². The molecule has 0 saturated carbocycles. The van der Waals surface area contributed by atoms with Gasteiger partial charge >= 0.3 is 0 Å². The Morgan fingerprint density at radius 1 is 1.12 bits per heavy atom. The van der Waals surface area contributed by atoms with Crippen LogP contribution in [0, 0.1) is 0 Å². The molecule has 1 aromatic heterocycles. The molecule has 0 N–H and O–H groups in total. The van der Waals surface area contributed by atoms with E-state index in [0.717, 1.165) is 44.0 Å². The van der Waals surface area contributed by atoms with Gasteiger partial charge in [0.2, 0.25) is 5.91 Å². The van der Waals surface area contributed by atoms with Crippen LogP contribution in [-0.2, 0) is 24.8 Å². The molecular weight excluding hydrogens is 302 g/mol. The van der Waals surface area contributed by atoms with Gasteiger partial charge in [0.1, 0.15) is 5.75 Å². The highest BCUT2D eigenvalue weighted by molar-refractivity contribution is 5.79. The van der Waals surface area contributed by atoms with Crippen molar-refractivity contribution in [2.24, 2.45) is 7.05 Å². The fourth-order valence-electron chi connectivity index (χ4n) is 3.11. The Kier molecular flexibility index (Phi) is 5.20. The Bertz CT molecular complexity index is 687. The first-order valence-electron chi connectivity index (χ1n) is 8.39. The van der Waals surface area contributed by atoms with Crippen LogP contribution in [0.1, 0.15) is 11.3 Å². The van der Waals surface area contributed by atoms with Gasteiger partial charge in [-0.15, -0.1) is 0 Å². The summed E-state index contributed by atoms with van der Waals surface area (Å²) in [6.45, 7) is 4.39. The second-order valence-corrected chi connectivity index (χ2v) is 6.30. The molecule has 5 heteroatoms. The van der Waals surface area contributed by atoms with Crippen molar-refractivity contribution in [3.05, 3.63) is 53.9 Å². The topological polar surface area (TPSA) is 37.7 Å². The van der Waals surface area contributed by atoms with E-state index in [9.17, 15) is 4.79 Å². The molecule has 1 aliphatic heterocycles. The zero-order chi connectivity index (χ0) is 16.9. The molecule has 2 aromatic rings. The summed E-state index contributed by atoms with van der Waals surface area (Å²) in [5.41, 5.74) is 2.32. The summed E-state index contributed by atoms with van der Waals surface area (Å²) in [4.78, 5) is 16.9. The molecule has 1 aliphatic rings. The SMILES string of the molecule is COc1cccc(CC(=O)N2CCN(Cc3cccn3C)CC2)c1. The van der Waals surface area contributed by atoms with E-state index >= 15 is 0 Å². The minimum absolute atomic E-state index is 0.196. The lowest BCUT2D eigenvalue weighted by Gasteiger charge is -2.34. The molecule has 1 aromatic carbocycles. The lowest BCUT2D eigenvalue weighted by atomic mass is 10.1. The van der Waals surface area contributed by atoms with Crippen LogP contribution in [0.4, 0.5) is 0 Å². The normalized spacial score (nSPS) is 15.5. The molecule has 0 bridgehead atoms. The number of nitrogens with zero attached hydrogens (tertiary/aromatic N) is 3. The summed E-state index contributed by atoms with van der Waals surface area (Å²) >= 11 is 0. The molecule has 3 rings (SSSR count). The number of hydrogen-bond donors (Lipinski definition) is 0. The summed E-state index contributed by atoms with van der Waals surface area (Å²) in [6.07, 6.45) is 2.51. The van der Waals surface area contributed by atoms with Crippen molar-refractivity contribution in [1.82, 2.24) is 14.4 Å². The van der Waals surface area contributed by atoms with Gasteiger partial charge in [0.05, 0.1) is 13.5 Å². The molecule has 0 spiro atoms. The number of aryl methyl sites for hydroxylation is 1. The first-order valence-corrected chi connectivity index (χ1v) is 8.39. The third kappa shape index (κ3) is 3.97. The molecule has 1 amide bonds. The van der Waals surface area contributed by atoms with Crippen molar-refractivity contribution < 1.29 is 9.53 Å². The van der Waals surface area contributed by atoms with Gasteiger partial charge in [0.25, 0.3) is 0 Å². The molecule has 0 aliphatic carbocycles. The number of ether oxygens (including phenoxy) is 1. The van der Waals surface area contributed by atoms with Gasteiger partial charge in [-0.05, 0) is 29.8 Å². The first-order chi connectivity index (χ1) is 11.7. The lowest BCUT2D eigenvalue weighted by molar-refractivity contribution is -0.132. The van der Waals surface area contributed by atoms with Gasteiger partial charge < -0.3 is 14.2 Å². The van der Waals surface area contributed by atoms with Crippen molar-refractivity contribution in [3.8, 4) is 5.75 Å². The fourth-order valence-corrected chi connectivity index (χ4v) is 3.11. The van der Waals surface area contributed by atoms with Crippen molar-refractivity contribution in [1.29, 1.82) is 0 Å². The number of hydrogen-bond acceptors (Lipinski definition) is 3. The molecule has 1 saturated heterocycles. The quantitative estimate of drug-likeness (QED) is 0.842. The van der Waals surface area contributed by atoms with E-state index in [1.165, 1.54) is 5.69 Å². The Morgan fingerprint density at radius 2 is 1.92 bits per heavy atom. The predicted octanol–water partition coefficient (Wildman–Crippen LogP) is 1.92. The second kappa shape index (κ2) is 7.53. The van der Waals surface area contributed by atoms with E-state index in [4.69, 9.17) is 4.74 Å². The van der Waals surface area contributed by atoms with Crippen LogP contribution in [0.25, 0.3) is 0 Å². The van der Waals surface area contributed by atoms with E-state index in [1.54, 1.807) is 7.11 Å². The third-order valence-corrected chi connectivity index (χ3v) is 4.65. The number of benzene rings is 1. The Balaban J connectivity index is 1.50. The molecule has 0 unspecified atom stereocenters. The molecule has 128 valence electrons. The maximum Gasteiger partial charge on any atom is 0.227 e. The standard InChI is InChI=1S/C19H25N3O2/c1-20-8-4-6-17(20)15-21-9-11-22(12-10-21)19(23)14-16-5-3-7-18(13-16)24-2/h3-8,13H,9-12,14-15H2,1-2H3. The van der Waals surface area contributed by atoms with E-state index < -0.39 is 0 Å². The van der Waals surface area contributed by atoms with Gasteiger partial charge in [-0.1, -0.05) is 12.1 Å². The van der Waals surface area contributed by atoms with Gasteiger partial charge in [-0.25, -0.2) is 0 Å². The summed E-state index contributed by atoms with van der Waals surface area (Å²) < 4.78 is 7.38. The number of rotatable bonds is 5. The van der Waals surface area contributed by atoms with Crippen LogP contribution >= 0.6 is 0 Å². The van der Waals surface area contributed by atoms with E-state index in [-0.39, 0.29) is 5.91 Å². The van der Waals surface area contributed by atoms with Crippen molar-refractivity contribution in [3.63, 3.8) is 0 Å². The number of piperazine rings is 1. The number of methoxy groups -OCH3 is 1. The summed E-state index contributed by atoms with van der Waals surface area (Å²) in [5.74, 6) is 0.995. The molecule has 5 nitrogen and oxygen atoms in total. The zero-order valence-electron chi connectivity index (χ0n) is 14.4. The second-order valence-electron chi connectivity index (χ2n) is 6.30. The highest BCUT2D eigenvalue weighted by Crippen LogP contribution is 2.15. The lowest BCUT2D eigenvalue weighted by Crippen LogP contribution is -2.48. The fraction of sp³-hybridized carbons (Fsp3) is 0.421. The maximum absolute atomic E-state index is 12.5. The summed E-state index contributed by atoms with van der Waals surface area (Å²) in [7, 11) is 3.72. The zero-order valence-corrected chi connectivity index (χ0v) is 14.4. The minimum atomic E-state index is 0.196. The Morgan fingerprint density at radius 3 is 2.58 bits per heavy atom. The van der Waals surface area contributed by atoms with Crippen LogP contribution in [0.15, 0.2) is 42.6 Å². The molecule has 0 atom stereocenters. The van der Waals surface area contributed by atoms with Gasteiger partial charge in [0.15, 0.2) is 0 Å². The monoisotopic (exact) mass is 327 g/mol. The van der Waals surface area contributed by atoms with Gasteiger partial charge in [-0.3, -0.25) is 9.69 Å². The maximum atomic E-state index is 12.5. The van der Waals surface area contributed by atoms with Crippen LogP contribution in [0.3, 0.4) is 0 Å². The van der Waals surface area contributed by atoms with E-state index in [2.05, 4.69) is 34.8 Å². The highest BCUT2D eigenvalue weighted by Gasteiger charge is 2.21. The molecular formula is C19H25N3O2. The van der Waals surface area contributed by atoms with Gasteiger partial charge in [-0.2, -0.15) is 0 Å². The average Bonchev–Trinajstić information content (AvgIpc) is 3.00. The number of carbonyl (C=O) groups excluding carboxylic acids is 1. The summed E-state index contributed by atoms with van der Waals surface area (Å²) in [6, 6.07) is 12.0. The number of carbonyl (C=O) groups is 1. The summed E-state index contributed by atoms with van der Waals surface area (Å²) in [5, 5.41) is 0. The molecule has 1 fully saturated rings. The number of amides is 1. The van der Waals surface area contributed by atoms with E-state index in [0.29, 0.717) is 6.42 Å².